The zero-order valence-corrected chi connectivity index (χ0v) is 14.4. The molecule has 1 N–H and O–H groups in total. The second kappa shape index (κ2) is 8.59. The second-order valence-electron chi connectivity index (χ2n) is 5.78. The molecule has 0 unspecified atom stereocenters. The summed E-state index contributed by atoms with van der Waals surface area (Å²) < 4.78 is 0. The standard InChI is InChI=1S/C19H23ClN2O/c1-15(2)22(14-16-6-4-3-5-7-16)19(23)12-13-21-18-10-8-17(20)9-11-18/h3-11,15,21H,12-14H2,1-2H3. The summed E-state index contributed by atoms with van der Waals surface area (Å²) >= 11 is 5.86. The number of benzene rings is 2. The number of carbonyl (C=O) groups excluding carboxylic acids is 1. The molecule has 0 spiro atoms. The van der Waals surface area contributed by atoms with Gasteiger partial charge in [0.1, 0.15) is 0 Å². The topological polar surface area (TPSA) is 32.3 Å². The maximum Gasteiger partial charge on any atom is 0.224 e. The van der Waals surface area contributed by atoms with Crippen molar-refractivity contribution >= 4 is 23.2 Å². The lowest BCUT2D eigenvalue weighted by Gasteiger charge is -2.27. The van der Waals surface area contributed by atoms with Crippen LogP contribution in [0.1, 0.15) is 25.8 Å². The first-order valence-corrected chi connectivity index (χ1v) is 8.27. The fraction of sp³-hybridized carbons (Fsp3) is 0.316. The molecule has 0 aliphatic rings. The van der Waals surface area contributed by atoms with Gasteiger partial charge in [0.2, 0.25) is 5.91 Å². The number of anilines is 1. The van der Waals surface area contributed by atoms with E-state index in [1.54, 1.807) is 0 Å². The number of nitrogens with one attached hydrogen (secondary N) is 1. The van der Waals surface area contributed by atoms with Crippen LogP contribution in [0.4, 0.5) is 5.69 Å². The lowest BCUT2D eigenvalue weighted by molar-refractivity contribution is -0.133. The Bertz CT molecular complexity index is 611. The number of halogens is 1. The summed E-state index contributed by atoms with van der Waals surface area (Å²) in [5.41, 5.74) is 2.13. The van der Waals surface area contributed by atoms with Crippen LogP contribution in [-0.2, 0) is 11.3 Å². The predicted molar refractivity (Wildman–Crippen MR) is 96.7 cm³/mol. The summed E-state index contributed by atoms with van der Waals surface area (Å²) in [4.78, 5) is 14.4. The van der Waals surface area contributed by atoms with Crippen LogP contribution < -0.4 is 5.32 Å². The number of rotatable bonds is 7. The van der Waals surface area contributed by atoms with Crippen molar-refractivity contribution in [3.8, 4) is 0 Å². The second-order valence-corrected chi connectivity index (χ2v) is 6.22. The Morgan fingerprint density at radius 2 is 1.74 bits per heavy atom. The average Bonchev–Trinajstić information content (AvgIpc) is 2.55. The number of nitrogens with zero attached hydrogens (tertiary/aromatic N) is 1. The highest BCUT2D eigenvalue weighted by Gasteiger charge is 2.16. The van der Waals surface area contributed by atoms with E-state index < -0.39 is 0 Å². The monoisotopic (exact) mass is 330 g/mol. The third-order valence-electron chi connectivity index (χ3n) is 3.65. The van der Waals surface area contributed by atoms with Crippen LogP contribution in [0.3, 0.4) is 0 Å². The molecule has 0 atom stereocenters. The quantitative estimate of drug-likeness (QED) is 0.806. The van der Waals surface area contributed by atoms with Crippen molar-refractivity contribution in [3.63, 3.8) is 0 Å². The van der Waals surface area contributed by atoms with E-state index in [1.165, 1.54) is 0 Å². The Balaban J connectivity index is 1.87. The van der Waals surface area contributed by atoms with Gasteiger partial charge in [0.15, 0.2) is 0 Å². The fourth-order valence-corrected chi connectivity index (χ4v) is 2.49. The molecule has 3 nitrogen and oxygen atoms in total. The Kier molecular flexibility index (Phi) is 6.48. The maximum atomic E-state index is 12.5. The first-order chi connectivity index (χ1) is 11.1. The van der Waals surface area contributed by atoms with Crippen molar-refractivity contribution < 1.29 is 4.79 Å². The summed E-state index contributed by atoms with van der Waals surface area (Å²) in [5.74, 6) is 0.158. The minimum absolute atomic E-state index is 0.158. The zero-order chi connectivity index (χ0) is 16.7. The van der Waals surface area contributed by atoms with Crippen molar-refractivity contribution in [2.24, 2.45) is 0 Å². The molecule has 0 fully saturated rings. The van der Waals surface area contributed by atoms with Gasteiger partial charge >= 0.3 is 0 Å². The van der Waals surface area contributed by atoms with Crippen molar-refractivity contribution in [3.05, 3.63) is 65.2 Å². The van der Waals surface area contributed by atoms with Gasteiger partial charge in [-0.2, -0.15) is 0 Å². The first kappa shape index (κ1) is 17.4. The summed E-state index contributed by atoms with van der Waals surface area (Å²) in [6.07, 6.45) is 0.466. The Morgan fingerprint density at radius 1 is 1.09 bits per heavy atom. The number of hydrogen-bond acceptors (Lipinski definition) is 2. The van der Waals surface area contributed by atoms with E-state index in [2.05, 4.69) is 17.4 Å². The van der Waals surface area contributed by atoms with Gasteiger partial charge in [-0.15, -0.1) is 0 Å². The molecule has 2 aromatic rings. The highest BCUT2D eigenvalue weighted by molar-refractivity contribution is 6.30. The number of hydrogen-bond donors (Lipinski definition) is 1. The molecular weight excluding hydrogens is 308 g/mol. The molecule has 0 radical (unpaired) electrons. The van der Waals surface area contributed by atoms with Crippen LogP contribution in [0.2, 0.25) is 5.02 Å². The van der Waals surface area contributed by atoms with Gasteiger partial charge in [0, 0.05) is 36.3 Å². The van der Waals surface area contributed by atoms with Crippen LogP contribution in [0.15, 0.2) is 54.6 Å². The van der Waals surface area contributed by atoms with Crippen LogP contribution in [0.5, 0.6) is 0 Å². The SMILES string of the molecule is CC(C)N(Cc1ccccc1)C(=O)CCNc1ccc(Cl)cc1. The molecule has 0 aliphatic heterocycles. The molecular formula is C19H23ClN2O. The van der Waals surface area contributed by atoms with Gasteiger partial charge in [-0.1, -0.05) is 41.9 Å². The molecule has 1 amide bonds. The fourth-order valence-electron chi connectivity index (χ4n) is 2.36. The zero-order valence-electron chi connectivity index (χ0n) is 13.6. The molecule has 0 bridgehead atoms. The summed E-state index contributed by atoms with van der Waals surface area (Å²) in [5, 5.41) is 3.96. The molecule has 0 heterocycles. The van der Waals surface area contributed by atoms with E-state index in [-0.39, 0.29) is 11.9 Å². The highest BCUT2D eigenvalue weighted by atomic mass is 35.5. The molecule has 2 aromatic carbocycles. The summed E-state index contributed by atoms with van der Waals surface area (Å²) in [6, 6.07) is 17.8. The molecule has 122 valence electrons. The van der Waals surface area contributed by atoms with Crippen LogP contribution in [-0.4, -0.2) is 23.4 Å². The predicted octanol–water partition coefficient (Wildman–Crippen LogP) is 4.58. The maximum absolute atomic E-state index is 12.5. The minimum atomic E-state index is 0.158. The van der Waals surface area contributed by atoms with E-state index in [0.29, 0.717) is 24.5 Å². The molecule has 23 heavy (non-hydrogen) atoms. The van der Waals surface area contributed by atoms with E-state index in [0.717, 1.165) is 11.3 Å². The molecule has 0 aliphatic carbocycles. The van der Waals surface area contributed by atoms with Crippen LogP contribution in [0, 0.1) is 0 Å². The molecule has 0 aromatic heterocycles. The van der Waals surface area contributed by atoms with Gasteiger partial charge < -0.3 is 10.2 Å². The largest absolute Gasteiger partial charge is 0.385 e. The normalized spacial score (nSPS) is 10.6. The highest BCUT2D eigenvalue weighted by Crippen LogP contribution is 2.14. The Morgan fingerprint density at radius 3 is 2.35 bits per heavy atom. The molecule has 0 saturated carbocycles. The van der Waals surface area contributed by atoms with Crippen LogP contribution in [0.25, 0.3) is 0 Å². The van der Waals surface area contributed by atoms with Crippen molar-refractivity contribution in [1.29, 1.82) is 0 Å². The molecule has 2 rings (SSSR count). The summed E-state index contributed by atoms with van der Waals surface area (Å²) in [6.45, 7) is 5.36. The lowest BCUT2D eigenvalue weighted by Crippen LogP contribution is -2.37. The van der Waals surface area contributed by atoms with E-state index in [1.807, 2.05) is 61.2 Å². The van der Waals surface area contributed by atoms with E-state index >= 15 is 0 Å². The minimum Gasteiger partial charge on any atom is -0.385 e. The molecule has 0 saturated heterocycles. The first-order valence-electron chi connectivity index (χ1n) is 7.89. The smallest absolute Gasteiger partial charge is 0.224 e. The third-order valence-corrected chi connectivity index (χ3v) is 3.90. The van der Waals surface area contributed by atoms with Crippen molar-refractivity contribution in [1.82, 2.24) is 4.90 Å². The summed E-state index contributed by atoms with van der Waals surface area (Å²) in [7, 11) is 0. The van der Waals surface area contributed by atoms with Gasteiger partial charge in [0.05, 0.1) is 0 Å². The Hall–Kier alpha value is -2.00. The van der Waals surface area contributed by atoms with Gasteiger partial charge in [-0.3, -0.25) is 4.79 Å². The average molecular weight is 331 g/mol. The Labute approximate surface area is 143 Å². The number of carbonyl (C=O) groups is 1. The van der Waals surface area contributed by atoms with Gasteiger partial charge in [-0.25, -0.2) is 0 Å². The van der Waals surface area contributed by atoms with E-state index in [4.69, 9.17) is 11.6 Å². The van der Waals surface area contributed by atoms with Crippen LogP contribution >= 0.6 is 11.6 Å². The van der Waals surface area contributed by atoms with Crippen molar-refractivity contribution in [2.45, 2.75) is 32.9 Å². The third kappa shape index (κ3) is 5.61. The van der Waals surface area contributed by atoms with Crippen molar-refractivity contribution in [2.75, 3.05) is 11.9 Å². The lowest BCUT2D eigenvalue weighted by atomic mass is 10.1. The van der Waals surface area contributed by atoms with Gasteiger partial charge in [0.25, 0.3) is 0 Å². The van der Waals surface area contributed by atoms with E-state index in [9.17, 15) is 4.79 Å². The number of amides is 1. The molecule has 4 heteroatoms. The van der Waals surface area contributed by atoms with Gasteiger partial charge in [-0.05, 0) is 43.7 Å².